The number of nitrogens with zero attached hydrogens (tertiary/aromatic N) is 1. The smallest absolute Gasteiger partial charge is 0.317 e. The molecule has 1 saturated heterocycles. The van der Waals surface area contributed by atoms with E-state index in [1.165, 1.54) is 5.56 Å². The Labute approximate surface area is 125 Å². The normalized spacial score (nSPS) is 15.5. The van der Waals surface area contributed by atoms with E-state index >= 15 is 0 Å². The van der Waals surface area contributed by atoms with Crippen LogP contribution < -0.4 is 10.1 Å². The van der Waals surface area contributed by atoms with Crippen LogP contribution in [0.4, 0.5) is 4.79 Å². The summed E-state index contributed by atoms with van der Waals surface area (Å²) in [4.78, 5) is 13.3. The van der Waals surface area contributed by atoms with E-state index in [1.807, 2.05) is 12.1 Å². The number of hydrogen-bond acceptors (Lipinski definition) is 3. The van der Waals surface area contributed by atoms with Crippen LogP contribution in [0.15, 0.2) is 24.3 Å². The molecule has 1 aliphatic rings. The molecule has 1 aromatic carbocycles. The Bertz CT molecular complexity index is 473. The average Bonchev–Trinajstić information content (AvgIpc) is 2.39. The molecule has 0 aliphatic carbocycles. The highest BCUT2D eigenvalue weighted by molar-refractivity contribution is 5.75. The van der Waals surface area contributed by atoms with Gasteiger partial charge >= 0.3 is 6.03 Å². The van der Waals surface area contributed by atoms with Gasteiger partial charge in [0.1, 0.15) is 11.9 Å². The first-order chi connectivity index (χ1) is 9.90. The minimum absolute atomic E-state index is 0.0420. The maximum atomic E-state index is 11.6. The van der Waals surface area contributed by atoms with Crippen LogP contribution in [0.1, 0.15) is 26.3 Å². The van der Waals surface area contributed by atoms with Crippen molar-refractivity contribution in [2.24, 2.45) is 0 Å². The van der Waals surface area contributed by atoms with Crippen LogP contribution in [0.25, 0.3) is 0 Å². The van der Waals surface area contributed by atoms with Gasteiger partial charge in [-0.25, -0.2) is 4.79 Å². The fourth-order valence-corrected chi connectivity index (χ4v) is 2.18. The lowest BCUT2D eigenvalue weighted by Crippen LogP contribution is -2.59. The van der Waals surface area contributed by atoms with Gasteiger partial charge in [0, 0.05) is 6.54 Å². The predicted octanol–water partition coefficient (Wildman–Crippen LogP) is 1.75. The van der Waals surface area contributed by atoms with E-state index in [4.69, 9.17) is 9.84 Å². The van der Waals surface area contributed by atoms with Crippen LogP contribution in [0.2, 0.25) is 0 Å². The molecule has 1 aromatic rings. The van der Waals surface area contributed by atoms with Crippen LogP contribution in [0.5, 0.6) is 5.75 Å². The maximum absolute atomic E-state index is 11.6. The van der Waals surface area contributed by atoms with Gasteiger partial charge in [-0.15, -0.1) is 0 Å². The van der Waals surface area contributed by atoms with E-state index in [0.29, 0.717) is 13.1 Å². The number of carbonyl (C=O) groups excluding carboxylic acids is 1. The number of nitrogens with one attached hydrogen (secondary N) is 1. The number of amides is 2. The molecule has 2 rings (SSSR count). The molecule has 0 bridgehead atoms. The van der Waals surface area contributed by atoms with Crippen molar-refractivity contribution in [2.75, 3.05) is 26.2 Å². The monoisotopic (exact) mass is 292 g/mol. The summed E-state index contributed by atoms with van der Waals surface area (Å²) >= 11 is 0. The lowest BCUT2D eigenvalue weighted by Gasteiger charge is -2.38. The predicted molar refractivity (Wildman–Crippen MR) is 81.6 cm³/mol. The summed E-state index contributed by atoms with van der Waals surface area (Å²) in [6.45, 7) is 7.94. The zero-order valence-electron chi connectivity index (χ0n) is 12.9. The largest absolute Gasteiger partial charge is 0.487 e. The van der Waals surface area contributed by atoms with Crippen LogP contribution in [0, 0.1) is 0 Å². The summed E-state index contributed by atoms with van der Waals surface area (Å²) in [5.41, 5.74) is 1.41. The molecular weight excluding hydrogens is 268 g/mol. The SMILES string of the molecule is CC(C)(C)c1ccc(OC2CN(C(=O)NCCO)C2)cc1. The van der Waals surface area contributed by atoms with Gasteiger partial charge < -0.3 is 20.1 Å². The van der Waals surface area contributed by atoms with Gasteiger partial charge in [0.15, 0.2) is 0 Å². The van der Waals surface area contributed by atoms with Crippen molar-refractivity contribution < 1.29 is 14.6 Å². The minimum Gasteiger partial charge on any atom is -0.487 e. The molecular formula is C16H24N2O3. The summed E-state index contributed by atoms with van der Waals surface area (Å²) < 4.78 is 5.83. The molecule has 0 saturated carbocycles. The van der Waals surface area contributed by atoms with Gasteiger partial charge in [-0.2, -0.15) is 0 Å². The molecule has 5 nitrogen and oxygen atoms in total. The Balaban J connectivity index is 1.79. The van der Waals surface area contributed by atoms with Crippen molar-refractivity contribution in [1.82, 2.24) is 10.2 Å². The van der Waals surface area contributed by atoms with Crippen LogP contribution in [-0.4, -0.2) is 48.4 Å². The molecule has 1 heterocycles. The lowest BCUT2D eigenvalue weighted by atomic mass is 9.87. The number of urea groups is 1. The van der Waals surface area contributed by atoms with Gasteiger partial charge in [-0.1, -0.05) is 32.9 Å². The Morgan fingerprint density at radius 1 is 1.33 bits per heavy atom. The number of ether oxygens (including phenoxy) is 1. The van der Waals surface area contributed by atoms with Gasteiger partial charge in [-0.3, -0.25) is 0 Å². The average molecular weight is 292 g/mol. The molecule has 0 aromatic heterocycles. The highest BCUT2D eigenvalue weighted by atomic mass is 16.5. The fraction of sp³-hybridized carbons (Fsp3) is 0.562. The lowest BCUT2D eigenvalue weighted by molar-refractivity contribution is 0.0441. The first-order valence-corrected chi connectivity index (χ1v) is 7.31. The Morgan fingerprint density at radius 3 is 2.48 bits per heavy atom. The summed E-state index contributed by atoms with van der Waals surface area (Å²) in [6, 6.07) is 7.98. The quantitative estimate of drug-likeness (QED) is 0.889. The molecule has 0 radical (unpaired) electrons. The second-order valence-electron chi connectivity index (χ2n) is 6.37. The number of rotatable bonds is 4. The molecule has 0 unspecified atom stereocenters. The van der Waals surface area contributed by atoms with Crippen LogP contribution in [-0.2, 0) is 5.41 Å². The molecule has 21 heavy (non-hydrogen) atoms. The number of aliphatic hydroxyl groups is 1. The van der Waals surface area contributed by atoms with Crippen LogP contribution >= 0.6 is 0 Å². The number of benzene rings is 1. The van der Waals surface area contributed by atoms with Gasteiger partial charge in [0.25, 0.3) is 0 Å². The van der Waals surface area contributed by atoms with Crippen LogP contribution in [0.3, 0.4) is 0 Å². The summed E-state index contributed by atoms with van der Waals surface area (Å²) in [5, 5.41) is 11.3. The van der Waals surface area contributed by atoms with E-state index in [9.17, 15) is 4.79 Å². The molecule has 1 fully saturated rings. The molecule has 1 aliphatic heterocycles. The first-order valence-electron chi connectivity index (χ1n) is 7.31. The molecule has 116 valence electrons. The second kappa shape index (κ2) is 6.35. The molecule has 2 N–H and O–H groups in total. The number of hydrogen-bond donors (Lipinski definition) is 2. The maximum Gasteiger partial charge on any atom is 0.317 e. The zero-order chi connectivity index (χ0) is 15.5. The summed E-state index contributed by atoms with van der Waals surface area (Å²) in [6.07, 6.45) is 0.0466. The Morgan fingerprint density at radius 2 is 1.95 bits per heavy atom. The van der Waals surface area contributed by atoms with E-state index in [2.05, 4.69) is 38.2 Å². The first kappa shape index (κ1) is 15.6. The van der Waals surface area contributed by atoms with Crippen molar-refractivity contribution in [3.63, 3.8) is 0 Å². The number of aliphatic hydroxyl groups excluding tert-OH is 1. The van der Waals surface area contributed by atoms with E-state index < -0.39 is 0 Å². The van der Waals surface area contributed by atoms with E-state index in [0.717, 1.165) is 5.75 Å². The highest BCUT2D eigenvalue weighted by Crippen LogP contribution is 2.25. The van der Waals surface area contributed by atoms with Gasteiger partial charge in [0.2, 0.25) is 0 Å². The molecule has 2 amide bonds. The standard InChI is InChI=1S/C16H24N2O3/c1-16(2,3)12-4-6-13(7-5-12)21-14-10-18(11-14)15(20)17-8-9-19/h4-7,14,19H,8-11H2,1-3H3,(H,17,20). The third kappa shape index (κ3) is 4.11. The summed E-state index contributed by atoms with van der Waals surface area (Å²) in [7, 11) is 0. The number of carbonyl (C=O) groups is 1. The molecule has 0 atom stereocenters. The summed E-state index contributed by atoms with van der Waals surface area (Å²) in [5.74, 6) is 0.836. The fourth-order valence-electron chi connectivity index (χ4n) is 2.18. The third-order valence-electron chi connectivity index (χ3n) is 3.55. The number of likely N-dealkylation sites (tertiary alicyclic amines) is 1. The van der Waals surface area contributed by atoms with Gasteiger partial charge in [-0.05, 0) is 23.1 Å². The Hall–Kier alpha value is -1.75. The molecule has 5 heteroatoms. The topological polar surface area (TPSA) is 61.8 Å². The van der Waals surface area contributed by atoms with Crippen molar-refractivity contribution in [3.05, 3.63) is 29.8 Å². The van der Waals surface area contributed by atoms with Crippen molar-refractivity contribution >= 4 is 6.03 Å². The van der Waals surface area contributed by atoms with E-state index in [1.54, 1.807) is 4.90 Å². The van der Waals surface area contributed by atoms with Crippen molar-refractivity contribution in [3.8, 4) is 5.75 Å². The Kier molecular flexibility index (Phi) is 4.73. The zero-order valence-corrected chi connectivity index (χ0v) is 12.9. The van der Waals surface area contributed by atoms with Crippen molar-refractivity contribution in [2.45, 2.75) is 32.3 Å². The molecule has 0 spiro atoms. The van der Waals surface area contributed by atoms with Gasteiger partial charge in [0.05, 0.1) is 19.7 Å². The third-order valence-corrected chi connectivity index (χ3v) is 3.55. The highest BCUT2D eigenvalue weighted by Gasteiger charge is 2.32. The van der Waals surface area contributed by atoms with E-state index in [-0.39, 0.29) is 30.7 Å². The second-order valence-corrected chi connectivity index (χ2v) is 6.37. The minimum atomic E-state index is -0.146. The van der Waals surface area contributed by atoms with Crippen molar-refractivity contribution in [1.29, 1.82) is 0 Å².